The summed E-state index contributed by atoms with van der Waals surface area (Å²) in [6.45, 7) is 9.43. The highest BCUT2D eigenvalue weighted by Gasteiger charge is 2.32. The first-order valence-corrected chi connectivity index (χ1v) is 4.64. The summed E-state index contributed by atoms with van der Waals surface area (Å²) < 4.78 is 0. The molecule has 0 aliphatic carbocycles. The van der Waals surface area contributed by atoms with Crippen LogP contribution in [0, 0.1) is 5.41 Å². The van der Waals surface area contributed by atoms with E-state index in [1.807, 2.05) is 0 Å². The van der Waals surface area contributed by atoms with Crippen LogP contribution in [-0.2, 0) is 0 Å². The van der Waals surface area contributed by atoms with Crippen molar-refractivity contribution in [3.63, 3.8) is 0 Å². The standard InChI is InChI=1S/C10H21N/c1-8-6-10(3,4)7-9(2)11(8)5/h8-9H,6-7H2,1-5H3. The van der Waals surface area contributed by atoms with E-state index in [2.05, 4.69) is 39.6 Å². The quantitative estimate of drug-likeness (QED) is 0.519. The van der Waals surface area contributed by atoms with Gasteiger partial charge >= 0.3 is 0 Å². The van der Waals surface area contributed by atoms with Crippen LogP contribution in [0.25, 0.3) is 0 Å². The number of likely N-dealkylation sites (tertiary alicyclic amines) is 1. The molecular weight excluding hydrogens is 134 g/mol. The monoisotopic (exact) mass is 155 g/mol. The van der Waals surface area contributed by atoms with Crippen molar-refractivity contribution in [2.45, 2.75) is 52.6 Å². The van der Waals surface area contributed by atoms with Crippen LogP contribution in [0.1, 0.15) is 40.5 Å². The fraction of sp³-hybridized carbons (Fsp3) is 1.00. The summed E-state index contributed by atoms with van der Waals surface area (Å²) >= 11 is 0. The molecule has 1 heteroatoms. The highest BCUT2D eigenvalue weighted by atomic mass is 15.2. The fourth-order valence-corrected chi connectivity index (χ4v) is 2.41. The van der Waals surface area contributed by atoms with Crippen LogP contribution in [0.2, 0.25) is 0 Å². The highest BCUT2D eigenvalue weighted by Crippen LogP contribution is 2.36. The van der Waals surface area contributed by atoms with Gasteiger partial charge in [0.1, 0.15) is 0 Å². The molecule has 1 aliphatic heterocycles. The van der Waals surface area contributed by atoms with Crippen LogP contribution in [0.15, 0.2) is 0 Å². The summed E-state index contributed by atoms with van der Waals surface area (Å²) in [5.41, 5.74) is 0.561. The minimum Gasteiger partial charge on any atom is -0.301 e. The number of hydrogen-bond donors (Lipinski definition) is 0. The largest absolute Gasteiger partial charge is 0.301 e. The summed E-state index contributed by atoms with van der Waals surface area (Å²) in [4.78, 5) is 2.49. The molecule has 0 bridgehead atoms. The summed E-state index contributed by atoms with van der Waals surface area (Å²) in [7, 11) is 2.24. The third-order valence-electron chi connectivity index (χ3n) is 3.09. The molecule has 1 rings (SSSR count). The maximum Gasteiger partial charge on any atom is 0.00717 e. The minimum absolute atomic E-state index is 0.561. The molecule has 0 aromatic carbocycles. The molecule has 1 nitrogen and oxygen atoms in total. The highest BCUT2D eigenvalue weighted by molar-refractivity contribution is 4.87. The van der Waals surface area contributed by atoms with Crippen molar-refractivity contribution >= 4 is 0 Å². The predicted octanol–water partition coefficient (Wildman–Crippen LogP) is 2.52. The van der Waals surface area contributed by atoms with Gasteiger partial charge in [-0.05, 0) is 39.2 Å². The Hall–Kier alpha value is -0.0400. The van der Waals surface area contributed by atoms with E-state index in [1.54, 1.807) is 0 Å². The number of hydrogen-bond acceptors (Lipinski definition) is 1. The average molecular weight is 155 g/mol. The van der Waals surface area contributed by atoms with Crippen molar-refractivity contribution < 1.29 is 0 Å². The van der Waals surface area contributed by atoms with Crippen molar-refractivity contribution in [2.75, 3.05) is 7.05 Å². The zero-order chi connectivity index (χ0) is 8.65. The molecule has 1 fully saturated rings. The average Bonchev–Trinajstić information content (AvgIpc) is 1.81. The first-order chi connectivity index (χ1) is 4.92. The lowest BCUT2D eigenvalue weighted by Gasteiger charge is -2.44. The van der Waals surface area contributed by atoms with Gasteiger partial charge in [0.15, 0.2) is 0 Å². The Morgan fingerprint density at radius 3 is 1.82 bits per heavy atom. The Bertz CT molecular complexity index is 126. The Balaban J connectivity index is 2.62. The fourth-order valence-electron chi connectivity index (χ4n) is 2.41. The zero-order valence-electron chi connectivity index (χ0n) is 8.52. The molecule has 2 unspecified atom stereocenters. The Labute approximate surface area is 70.8 Å². The molecule has 0 N–H and O–H groups in total. The van der Waals surface area contributed by atoms with Crippen molar-refractivity contribution in [1.82, 2.24) is 4.90 Å². The first kappa shape index (κ1) is 9.05. The lowest BCUT2D eigenvalue weighted by atomic mass is 9.76. The predicted molar refractivity (Wildman–Crippen MR) is 49.7 cm³/mol. The van der Waals surface area contributed by atoms with Crippen molar-refractivity contribution in [3.05, 3.63) is 0 Å². The Kier molecular flexibility index (Phi) is 2.29. The van der Waals surface area contributed by atoms with Crippen LogP contribution in [0.4, 0.5) is 0 Å². The van der Waals surface area contributed by atoms with E-state index in [1.165, 1.54) is 12.8 Å². The van der Waals surface area contributed by atoms with Gasteiger partial charge in [0.2, 0.25) is 0 Å². The van der Waals surface area contributed by atoms with Gasteiger partial charge in [-0.25, -0.2) is 0 Å². The third-order valence-corrected chi connectivity index (χ3v) is 3.09. The van der Waals surface area contributed by atoms with Crippen molar-refractivity contribution in [3.8, 4) is 0 Å². The molecule has 2 atom stereocenters. The normalized spacial score (nSPS) is 39.0. The van der Waals surface area contributed by atoms with E-state index >= 15 is 0 Å². The van der Waals surface area contributed by atoms with Crippen LogP contribution in [0.3, 0.4) is 0 Å². The number of nitrogens with zero attached hydrogens (tertiary/aromatic N) is 1. The van der Waals surface area contributed by atoms with Gasteiger partial charge in [-0.2, -0.15) is 0 Å². The molecule has 0 aromatic heterocycles. The molecule has 66 valence electrons. The SMILES string of the molecule is CC1CC(C)(C)CC(C)N1C. The van der Waals surface area contributed by atoms with Gasteiger partial charge in [-0.3, -0.25) is 0 Å². The van der Waals surface area contributed by atoms with E-state index in [0.29, 0.717) is 5.41 Å². The lowest BCUT2D eigenvalue weighted by Crippen LogP contribution is -2.46. The molecule has 0 radical (unpaired) electrons. The third kappa shape index (κ3) is 1.96. The summed E-state index contributed by atoms with van der Waals surface area (Å²) in [5.74, 6) is 0. The minimum atomic E-state index is 0.561. The van der Waals surface area contributed by atoms with Gasteiger partial charge in [-0.1, -0.05) is 13.8 Å². The molecular formula is C10H21N. The molecule has 0 saturated carbocycles. The van der Waals surface area contributed by atoms with E-state index in [4.69, 9.17) is 0 Å². The smallest absolute Gasteiger partial charge is 0.00717 e. The van der Waals surface area contributed by atoms with Crippen LogP contribution in [0.5, 0.6) is 0 Å². The molecule has 1 saturated heterocycles. The van der Waals surface area contributed by atoms with Gasteiger partial charge in [0, 0.05) is 12.1 Å². The van der Waals surface area contributed by atoms with Gasteiger partial charge in [0.05, 0.1) is 0 Å². The molecule has 0 aromatic rings. The van der Waals surface area contributed by atoms with E-state index in [-0.39, 0.29) is 0 Å². The number of piperidine rings is 1. The van der Waals surface area contributed by atoms with Gasteiger partial charge < -0.3 is 4.90 Å². The van der Waals surface area contributed by atoms with Crippen molar-refractivity contribution in [2.24, 2.45) is 5.41 Å². The van der Waals surface area contributed by atoms with E-state index < -0.39 is 0 Å². The van der Waals surface area contributed by atoms with E-state index in [0.717, 1.165) is 12.1 Å². The Morgan fingerprint density at radius 2 is 1.45 bits per heavy atom. The maximum atomic E-state index is 2.49. The molecule has 0 spiro atoms. The van der Waals surface area contributed by atoms with E-state index in [9.17, 15) is 0 Å². The second-order valence-electron chi connectivity index (χ2n) is 4.94. The van der Waals surface area contributed by atoms with Crippen LogP contribution in [-0.4, -0.2) is 24.0 Å². The first-order valence-electron chi connectivity index (χ1n) is 4.64. The maximum absolute atomic E-state index is 2.49. The van der Waals surface area contributed by atoms with Gasteiger partial charge in [-0.15, -0.1) is 0 Å². The number of rotatable bonds is 0. The zero-order valence-corrected chi connectivity index (χ0v) is 8.52. The molecule has 1 aliphatic rings. The summed E-state index contributed by atoms with van der Waals surface area (Å²) in [6, 6.07) is 1.52. The summed E-state index contributed by atoms with van der Waals surface area (Å²) in [5, 5.41) is 0. The lowest BCUT2D eigenvalue weighted by molar-refractivity contribution is 0.0553. The molecule has 1 heterocycles. The van der Waals surface area contributed by atoms with Gasteiger partial charge in [0.25, 0.3) is 0 Å². The molecule has 11 heavy (non-hydrogen) atoms. The summed E-state index contributed by atoms with van der Waals surface area (Å²) in [6.07, 6.45) is 2.68. The second kappa shape index (κ2) is 2.78. The van der Waals surface area contributed by atoms with Crippen molar-refractivity contribution in [1.29, 1.82) is 0 Å². The Morgan fingerprint density at radius 1 is 1.09 bits per heavy atom. The topological polar surface area (TPSA) is 3.24 Å². The van der Waals surface area contributed by atoms with Crippen LogP contribution >= 0.6 is 0 Å². The molecule has 0 amide bonds. The second-order valence-corrected chi connectivity index (χ2v) is 4.94. The van der Waals surface area contributed by atoms with Crippen LogP contribution < -0.4 is 0 Å².